The summed E-state index contributed by atoms with van der Waals surface area (Å²) in [5.74, 6) is 0.299. The summed E-state index contributed by atoms with van der Waals surface area (Å²) in [6.45, 7) is 5.27. The summed E-state index contributed by atoms with van der Waals surface area (Å²) in [5.41, 5.74) is 2.14. The quantitative estimate of drug-likeness (QED) is 0.789. The molecule has 0 amide bonds. The average Bonchev–Trinajstić information content (AvgIpc) is 2.52. The van der Waals surface area contributed by atoms with Crippen LogP contribution in [0.2, 0.25) is 0 Å². The first-order valence-corrected chi connectivity index (χ1v) is 6.11. The highest BCUT2D eigenvalue weighted by atomic mass is 16.5. The van der Waals surface area contributed by atoms with E-state index in [9.17, 15) is 4.79 Å². The summed E-state index contributed by atoms with van der Waals surface area (Å²) in [5, 5.41) is 0. The molecule has 3 heterocycles. The molecule has 3 rings (SSSR count). The van der Waals surface area contributed by atoms with E-state index >= 15 is 0 Å². The zero-order valence-electron chi connectivity index (χ0n) is 10.8. The van der Waals surface area contributed by atoms with Gasteiger partial charge in [-0.2, -0.15) is 0 Å². The van der Waals surface area contributed by atoms with Crippen molar-refractivity contribution in [2.24, 2.45) is 7.05 Å². The van der Waals surface area contributed by atoms with Gasteiger partial charge in [0.05, 0.1) is 31.1 Å². The summed E-state index contributed by atoms with van der Waals surface area (Å²) in [6, 6.07) is 0.0976. The second kappa shape index (κ2) is 3.91. The minimum Gasteiger partial charge on any atom is -0.377 e. The molecule has 1 aliphatic heterocycles. The van der Waals surface area contributed by atoms with Gasteiger partial charge >= 0.3 is 5.69 Å². The molecule has 0 unspecified atom stereocenters. The topological polar surface area (TPSA) is 61.9 Å². The molecule has 1 saturated heterocycles. The molecule has 0 N–H and O–H groups in total. The van der Waals surface area contributed by atoms with Crippen molar-refractivity contribution in [2.45, 2.75) is 25.8 Å². The second-order valence-corrected chi connectivity index (χ2v) is 5.00. The molecule has 0 atom stereocenters. The lowest BCUT2D eigenvalue weighted by molar-refractivity contribution is -0.0233. The number of aromatic nitrogens is 4. The molecule has 6 heteroatoms. The Kier molecular flexibility index (Phi) is 2.48. The van der Waals surface area contributed by atoms with Gasteiger partial charge < -0.3 is 4.74 Å². The molecular weight excluding hydrogens is 232 g/mol. The lowest BCUT2D eigenvalue weighted by atomic mass is 10.1. The van der Waals surface area contributed by atoms with E-state index < -0.39 is 0 Å². The van der Waals surface area contributed by atoms with Crippen molar-refractivity contribution in [3.63, 3.8) is 0 Å². The highest BCUT2D eigenvalue weighted by molar-refractivity contribution is 5.66. The van der Waals surface area contributed by atoms with Crippen LogP contribution in [-0.2, 0) is 11.8 Å². The van der Waals surface area contributed by atoms with Crippen LogP contribution in [0.1, 0.15) is 31.5 Å². The van der Waals surface area contributed by atoms with Gasteiger partial charge in [0.25, 0.3) is 0 Å². The molecule has 6 nitrogen and oxygen atoms in total. The van der Waals surface area contributed by atoms with Gasteiger partial charge in [0, 0.05) is 7.05 Å². The lowest BCUT2D eigenvalue weighted by Crippen LogP contribution is -2.37. The number of rotatable bonds is 2. The first kappa shape index (κ1) is 11.4. The third-order valence-electron chi connectivity index (χ3n) is 3.37. The number of fused-ring (bicyclic) bond motifs is 1. The molecule has 96 valence electrons. The first-order valence-electron chi connectivity index (χ1n) is 6.11. The third kappa shape index (κ3) is 1.49. The van der Waals surface area contributed by atoms with Crippen LogP contribution in [0, 0.1) is 0 Å². The maximum Gasteiger partial charge on any atom is 0.331 e. The molecule has 2 aromatic heterocycles. The van der Waals surface area contributed by atoms with Gasteiger partial charge in [-0.25, -0.2) is 14.8 Å². The van der Waals surface area contributed by atoms with Crippen molar-refractivity contribution in [2.75, 3.05) is 13.2 Å². The Morgan fingerprint density at radius 3 is 2.67 bits per heavy atom. The summed E-state index contributed by atoms with van der Waals surface area (Å²) in [4.78, 5) is 21.1. The van der Waals surface area contributed by atoms with E-state index in [-0.39, 0.29) is 11.7 Å². The van der Waals surface area contributed by atoms with Crippen LogP contribution in [0.5, 0.6) is 0 Å². The van der Waals surface area contributed by atoms with E-state index in [0.717, 1.165) is 5.69 Å². The van der Waals surface area contributed by atoms with Crippen molar-refractivity contribution >= 4 is 11.3 Å². The van der Waals surface area contributed by atoms with Crippen LogP contribution < -0.4 is 5.69 Å². The van der Waals surface area contributed by atoms with E-state index in [4.69, 9.17) is 4.74 Å². The Bertz CT molecular complexity index is 652. The third-order valence-corrected chi connectivity index (χ3v) is 3.37. The van der Waals surface area contributed by atoms with E-state index in [0.29, 0.717) is 30.4 Å². The number of nitrogens with zero attached hydrogens (tertiary/aromatic N) is 4. The summed E-state index contributed by atoms with van der Waals surface area (Å²) in [7, 11) is 1.74. The fourth-order valence-corrected chi connectivity index (χ4v) is 2.10. The zero-order valence-corrected chi connectivity index (χ0v) is 10.8. The molecule has 0 aliphatic carbocycles. The minimum atomic E-state index is -0.0702. The van der Waals surface area contributed by atoms with Gasteiger partial charge in [0.1, 0.15) is 0 Å². The van der Waals surface area contributed by atoms with Crippen molar-refractivity contribution in [3.8, 4) is 0 Å². The maximum absolute atomic E-state index is 12.2. The first-order chi connectivity index (χ1) is 8.59. The number of imidazole rings is 1. The molecule has 0 spiro atoms. The Labute approximate surface area is 104 Å². The van der Waals surface area contributed by atoms with E-state index in [1.165, 1.54) is 0 Å². The molecule has 1 fully saturated rings. The summed E-state index contributed by atoms with van der Waals surface area (Å²) >= 11 is 0. The predicted octanol–water partition coefficient (Wildman–Crippen LogP) is 0.825. The zero-order chi connectivity index (χ0) is 12.9. The van der Waals surface area contributed by atoms with Crippen LogP contribution in [0.4, 0.5) is 0 Å². The number of hydrogen-bond donors (Lipinski definition) is 0. The predicted molar refractivity (Wildman–Crippen MR) is 66.7 cm³/mol. The minimum absolute atomic E-state index is 0.0702. The standard InChI is InChI=1S/C12H16N4O2/c1-7(2)9-4-13-10-11(14-9)15(3)12(17)16(10)8-5-18-6-8/h4,7-8H,5-6H2,1-3H3. The molecule has 18 heavy (non-hydrogen) atoms. The lowest BCUT2D eigenvalue weighted by Gasteiger charge is -2.26. The molecule has 0 bridgehead atoms. The van der Waals surface area contributed by atoms with Gasteiger partial charge in [-0.05, 0) is 5.92 Å². The van der Waals surface area contributed by atoms with Crippen LogP contribution >= 0.6 is 0 Å². The van der Waals surface area contributed by atoms with Crippen molar-refractivity contribution in [1.82, 2.24) is 19.1 Å². The van der Waals surface area contributed by atoms with Crippen LogP contribution in [-0.4, -0.2) is 32.3 Å². The fourth-order valence-electron chi connectivity index (χ4n) is 2.10. The van der Waals surface area contributed by atoms with Crippen molar-refractivity contribution < 1.29 is 4.74 Å². The van der Waals surface area contributed by atoms with E-state index in [1.54, 1.807) is 22.4 Å². The highest BCUT2D eigenvalue weighted by Crippen LogP contribution is 2.21. The number of hydrogen-bond acceptors (Lipinski definition) is 4. The molecule has 2 aromatic rings. The van der Waals surface area contributed by atoms with Crippen LogP contribution in [0.3, 0.4) is 0 Å². The Morgan fingerprint density at radius 2 is 2.11 bits per heavy atom. The number of aryl methyl sites for hydroxylation is 1. The second-order valence-electron chi connectivity index (χ2n) is 5.00. The molecule has 0 aromatic carbocycles. The smallest absolute Gasteiger partial charge is 0.331 e. The largest absolute Gasteiger partial charge is 0.377 e. The van der Waals surface area contributed by atoms with Gasteiger partial charge in [-0.15, -0.1) is 0 Å². The van der Waals surface area contributed by atoms with E-state index in [1.807, 2.05) is 0 Å². The van der Waals surface area contributed by atoms with Gasteiger partial charge in [-0.3, -0.25) is 9.13 Å². The molecular formula is C12H16N4O2. The molecule has 1 aliphatic rings. The Morgan fingerprint density at radius 1 is 1.39 bits per heavy atom. The highest BCUT2D eigenvalue weighted by Gasteiger charge is 2.27. The number of ether oxygens (including phenoxy) is 1. The van der Waals surface area contributed by atoms with E-state index in [2.05, 4.69) is 23.8 Å². The van der Waals surface area contributed by atoms with Gasteiger partial charge in [0.2, 0.25) is 0 Å². The summed E-state index contributed by atoms with van der Waals surface area (Å²) < 4.78 is 8.40. The maximum atomic E-state index is 12.2. The molecule has 0 radical (unpaired) electrons. The normalized spacial score (nSPS) is 16.4. The van der Waals surface area contributed by atoms with Crippen molar-refractivity contribution in [1.29, 1.82) is 0 Å². The van der Waals surface area contributed by atoms with Gasteiger partial charge in [-0.1, -0.05) is 13.8 Å². The monoisotopic (exact) mass is 248 g/mol. The SMILES string of the molecule is CC(C)c1cnc2c(n1)n(C)c(=O)n2C1COC1. The Balaban J connectivity index is 2.25. The van der Waals surface area contributed by atoms with Crippen molar-refractivity contribution in [3.05, 3.63) is 22.4 Å². The summed E-state index contributed by atoms with van der Waals surface area (Å²) in [6.07, 6.45) is 1.75. The van der Waals surface area contributed by atoms with Crippen LogP contribution in [0.15, 0.2) is 11.0 Å². The average molecular weight is 248 g/mol. The molecule has 0 saturated carbocycles. The Hall–Kier alpha value is -1.69. The fraction of sp³-hybridized carbons (Fsp3) is 0.583. The van der Waals surface area contributed by atoms with Gasteiger partial charge in [0.15, 0.2) is 11.3 Å². The van der Waals surface area contributed by atoms with Crippen LogP contribution in [0.25, 0.3) is 11.3 Å².